The van der Waals surface area contributed by atoms with Gasteiger partial charge in [0.1, 0.15) is 0 Å². The second-order valence-corrected chi connectivity index (χ2v) is 10.7. The third-order valence-electron chi connectivity index (χ3n) is 8.26. The van der Waals surface area contributed by atoms with Gasteiger partial charge in [-0.3, -0.25) is 0 Å². The first-order valence-electron chi connectivity index (χ1n) is 13.4. The molecule has 3 aliphatic rings. The van der Waals surface area contributed by atoms with Crippen molar-refractivity contribution in [1.82, 2.24) is 0 Å². The molecule has 0 amide bonds. The van der Waals surface area contributed by atoms with E-state index in [1.54, 1.807) is 6.07 Å². The van der Waals surface area contributed by atoms with Crippen LogP contribution in [0.2, 0.25) is 0 Å². The summed E-state index contributed by atoms with van der Waals surface area (Å²) in [6.07, 6.45) is 12.2. The molecular weight excluding hydrogens is 465 g/mol. The van der Waals surface area contributed by atoms with Crippen LogP contribution in [0, 0.1) is 23.5 Å². The highest BCUT2D eigenvalue weighted by atomic mass is 19.2. The molecule has 4 rings (SSSR count). The van der Waals surface area contributed by atoms with Crippen LogP contribution in [0.15, 0.2) is 42.1 Å². The van der Waals surface area contributed by atoms with E-state index in [0.29, 0.717) is 23.3 Å². The topological polar surface area (TPSA) is 27.7 Å². The molecule has 2 aliphatic heterocycles. The van der Waals surface area contributed by atoms with Gasteiger partial charge in [-0.1, -0.05) is 58.6 Å². The van der Waals surface area contributed by atoms with Gasteiger partial charge in [-0.25, -0.2) is 4.39 Å². The quantitative estimate of drug-likeness (QED) is 0.333. The van der Waals surface area contributed by atoms with Crippen molar-refractivity contribution in [2.24, 2.45) is 11.8 Å². The molecule has 2 unspecified atom stereocenters. The monoisotopic (exact) mass is 504 g/mol. The largest absolute Gasteiger partial charge is 0.494 e. The average molecular weight is 505 g/mol. The van der Waals surface area contributed by atoms with E-state index in [-0.39, 0.29) is 35.7 Å². The van der Waals surface area contributed by atoms with Crippen LogP contribution >= 0.6 is 0 Å². The highest BCUT2D eigenvalue weighted by Gasteiger charge is 2.33. The maximum atomic E-state index is 15.1. The van der Waals surface area contributed by atoms with Crippen LogP contribution in [0.5, 0.6) is 5.75 Å². The van der Waals surface area contributed by atoms with E-state index in [0.717, 1.165) is 31.1 Å². The second-order valence-electron chi connectivity index (χ2n) is 10.7. The first-order chi connectivity index (χ1) is 17.3. The van der Waals surface area contributed by atoms with E-state index in [2.05, 4.69) is 20.1 Å². The number of fused-ring (bicyclic) bond motifs is 1. The van der Waals surface area contributed by atoms with E-state index >= 15 is 8.78 Å². The lowest BCUT2D eigenvalue weighted by Gasteiger charge is -2.33. The van der Waals surface area contributed by atoms with Crippen molar-refractivity contribution in [2.75, 3.05) is 13.7 Å². The minimum Gasteiger partial charge on any atom is -0.494 e. The summed E-state index contributed by atoms with van der Waals surface area (Å²) in [5.74, 6) is -2.29. The van der Waals surface area contributed by atoms with Crippen LogP contribution in [-0.2, 0) is 15.9 Å². The van der Waals surface area contributed by atoms with Crippen molar-refractivity contribution >= 4 is 0 Å². The number of ether oxygens (including phenoxy) is 3. The summed E-state index contributed by atoms with van der Waals surface area (Å²) in [6.45, 7) is 9.94. The molecule has 36 heavy (non-hydrogen) atoms. The molecule has 2 fully saturated rings. The number of allylic oxidation sites excluding steroid dienone is 2. The van der Waals surface area contributed by atoms with E-state index in [1.165, 1.54) is 52.1 Å². The van der Waals surface area contributed by atoms with E-state index < -0.39 is 17.5 Å². The minimum atomic E-state index is -1.11. The summed E-state index contributed by atoms with van der Waals surface area (Å²) in [5, 5.41) is 0. The predicted molar refractivity (Wildman–Crippen MR) is 135 cm³/mol. The first kappa shape index (κ1) is 26.8. The van der Waals surface area contributed by atoms with Crippen LogP contribution in [0.25, 0.3) is 0 Å². The fourth-order valence-electron chi connectivity index (χ4n) is 6.04. The SMILES string of the molecule is C=C(OC)/C(F)=C1/Oc2c(cc(C3CCC(CCC4CCC(CCC)CC4)OC3)c(F)c2F)CC1=C. The molecule has 3 nitrogen and oxygen atoms in total. The van der Waals surface area contributed by atoms with Crippen LogP contribution in [0.4, 0.5) is 13.2 Å². The standard InChI is InChI=1S/C30H39F3O3/c1-5-6-20-7-9-21(10-8-20)11-13-24-14-12-22(17-35-24)25-16-23-15-18(2)29(26(31)19(3)34-4)36-30(23)28(33)27(25)32/h16,20-22,24H,2-3,5-15,17H2,1,4H3/b29-26-. The lowest BCUT2D eigenvalue weighted by atomic mass is 9.78. The molecule has 1 saturated heterocycles. The Hall–Kier alpha value is -2.21. The van der Waals surface area contributed by atoms with Gasteiger partial charge >= 0.3 is 0 Å². The molecule has 0 bridgehead atoms. The highest BCUT2D eigenvalue weighted by Crippen LogP contribution is 2.42. The molecule has 2 heterocycles. The first-order valence-corrected chi connectivity index (χ1v) is 13.4. The molecule has 0 radical (unpaired) electrons. The Balaban J connectivity index is 1.36. The van der Waals surface area contributed by atoms with Gasteiger partial charge in [0.05, 0.1) is 19.8 Å². The summed E-state index contributed by atoms with van der Waals surface area (Å²) in [5.41, 5.74) is 1.07. The molecule has 0 spiro atoms. The number of benzene rings is 1. The molecule has 2 atom stereocenters. The zero-order valence-electron chi connectivity index (χ0n) is 21.6. The normalized spacial score (nSPS) is 27.8. The van der Waals surface area contributed by atoms with Gasteiger partial charge in [0.25, 0.3) is 0 Å². The fraction of sp³-hybridized carbons (Fsp3) is 0.600. The van der Waals surface area contributed by atoms with Crippen LogP contribution in [0.1, 0.15) is 88.2 Å². The molecule has 1 aliphatic carbocycles. The van der Waals surface area contributed by atoms with Crippen molar-refractivity contribution in [1.29, 1.82) is 0 Å². The summed E-state index contributed by atoms with van der Waals surface area (Å²) in [7, 11) is 1.27. The Morgan fingerprint density at radius 3 is 2.33 bits per heavy atom. The lowest BCUT2D eigenvalue weighted by molar-refractivity contribution is -0.00599. The fourth-order valence-corrected chi connectivity index (χ4v) is 6.04. The summed E-state index contributed by atoms with van der Waals surface area (Å²) in [6, 6.07) is 1.63. The van der Waals surface area contributed by atoms with Crippen LogP contribution in [-0.4, -0.2) is 19.8 Å². The van der Waals surface area contributed by atoms with Gasteiger partial charge in [0.15, 0.2) is 23.1 Å². The number of hydrogen-bond acceptors (Lipinski definition) is 3. The smallest absolute Gasteiger partial charge is 0.207 e. The Bertz CT molecular complexity index is 999. The van der Waals surface area contributed by atoms with Crippen molar-refractivity contribution in [3.63, 3.8) is 0 Å². The van der Waals surface area contributed by atoms with Crippen molar-refractivity contribution in [3.8, 4) is 5.75 Å². The highest BCUT2D eigenvalue weighted by molar-refractivity contribution is 5.51. The van der Waals surface area contributed by atoms with Crippen molar-refractivity contribution in [2.45, 2.75) is 89.6 Å². The predicted octanol–water partition coefficient (Wildman–Crippen LogP) is 8.45. The van der Waals surface area contributed by atoms with E-state index in [9.17, 15) is 4.39 Å². The van der Waals surface area contributed by atoms with Gasteiger partial charge in [-0.05, 0) is 54.7 Å². The Morgan fingerprint density at radius 2 is 1.72 bits per heavy atom. The third kappa shape index (κ3) is 5.85. The van der Waals surface area contributed by atoms with Crippen LogP contribution < -0.4 is 4.74 Å². The number of rotatable bonds is 8. The van der Waals surface area contributed by atoms with Crippen molar-refractivity contribution in [3.05, 3.63) is 64.9 Å². The van der Waals surface area contributed by atoms with Gasteiger partial charge in [-0.2, -0.15) is 8.78 Å². The summed E-state index contributed by atoms with van der Waals surface area (Å²) < 4.78 is 61.1. The zero-order chi connectivity index (χ0) is 25.8. The minimum absolute atomic E-state index is 0.149. The second kappa shape index (κ2) is 11.9. The van der Waals surface area contributed by atoms with Gasteiger partial charge in [0.2, 0.25) is 11.6 Å². The van der Waals surface area contributed by atoms with Gasteiger partial charge in [0, 0.05) is 17.9 Å². The molecule has 6 heteroatoms. The molecule has 0 aromatic heterocycles. The molecule has 0 N–H and O–H groups in total. The van der Waals surface area contributed by atoms with Gasteiger partial charge in [-0.15, -0.1) is 0 Å². The maximum Gasteiger partial charge on any atom is 0.207 e. The summed E-state index contributed by atoms with van der Waals surface area (Å²) in [4.78, 5) is 0. The average Bonchev–Trinajstić information content (AvgIpc) is 2.89. The zero-order valence-corrected chi connectivity index (χ0v) is 21.6. The molecular formula is C30H39F3O3. The number of halogens is 3. The Labute approximate surface area is 213 Å². The summed E-state index contributed by atoms with van der Waals surface area (Å²) >= 11 is 0. The van der Waals surface area contributed by atoms with E-state index in [1.807, 2.05) is 0 Å². The van der Waals surface area contributed by atoms with Gasteiger partial charge < -0.3 is 14.2 Å². The van der Waals surface area contributed by atoms with E-state index in [4.69, 9.17) is 14.2 Å². The molecule has 198 valence electrons. The third-order valence-corrected chi connectivity index (χ3v) is 8.26. The number of methoxy groups -OCH3 is 1. The Kier molecular flexibility index (Phi) is 8.87. The van der Waals surface area contributed by atoms with Crippen molar-refractivity contribution < 1.29 is 27.4 Å². The maximum absolute atomic E-state index is 15.1. The Morgan fingerprint density at radius 1 is 1.03 bits per heavy atom. The lowest BCUT2D eigenvalue weighted by Crippen LogP contribution is -2.27. The molecule has 1 aromatic rings. The molecule has 1 aromatic carbocycles. The van der Waals surface area contributed by atoms with Crippen LogP contribution in [0.3, 0.4) is 0 Å². The number of hydrogen-bond donors (Lipinski definition) is 0. The molecule has 1 saturated carbocycles.